The van der Waals surface area contributed by atoms with E-state index in [1.807, 2.05) is 27.7 Å². The van der Waals surface area contributed by atoms with E-state index in [4.69, 9.17) is 24.0 Å². The Morgan fingerprint density at radius 1 is 0.909 bits per heavy atom. The molecule has 0 aromatic rings. The Balaban J connectivity index is 3.79. The van der Waals surface area contributed by atoms with Crippen LogP contribution in [0.2, 0.25) is 0 Å². The molecule has 11 heavy (non-hydrogen) atoms. The summed E-state index contributed by atoms with van der Waals surface area (Å²) in [5.74, 6) is 0. The van der Waals surface area contributed by atoms with Gasteiger partial charge < -0.3 is 0 Å². The van der Waals surface area contributed by atoms with Gasteiger partial charge in [0, 0.05) is 0 Å². The first-order valence-electron chi connectivity index (χ1n) is 3.57. The average Bonchev–Trinajstić information content (AvgIpc) is 1.53. The van der Waals surface area contributed by atoms with Crippen LogP contribution in [-0.4, -0.2) is 29.2 Å². The molecule has 0 unspecified atom stereocenters. The third-order valence-electron chi connectivity index (χ3n) is 0.746. The minimum atomic E-state index is -3.59. The van der Waals surface area contributed by atoms with E-state index in [9.17, 15) is 0 Å². The van der Waals surface area contributed by atoms with Crippen LogP contribution in [0.1, 0.15) is 27.7 Å². The summed E-state index contributed by atoms with van der Waals surface area (Å²) in [5, 5.41) is 0. The van der Waals surface area contributed by atoms with Gasteiger partial charge in [-0.25, -0.2) is 0 Å². The number of hydrogen-bond donors (Lipinski definition) is 0. The average molecular weight is 308 g/mol. The van der Waals surface area contributed by atoms with Crippen LogP contribution < -0.4 is 0 Å². The van der Waals surface area contributed by atoms with Gasteiger partial charge in [-0.1, -0.05) is 0 Å². The van der Waals surface area contributed by atoms with Gasteiger partial charge in [0.25, 0.3) is 0 Å². The van der Waals surface area contributed by atoms with E-state index >= 15 is 0 Å². The van der Waals surface area contributed by atoms with E-state index in [1.54, 1.807) is 0 Å². The van der Waals surface area contributed by atoms with Gasteiger partial charge in [-0.05, 0) is 0 Å². The molecule has 0 aliphatic heterocycles. The molecule has 68 valence electrons. The van der Waals surface area contributed by atoms with Gasteiger partial charge in [0.2, 0.25) is 0 Å². The minimum absolute atomic E-state index is 0.0412. The van der Waals surface area contributed by atoms with Crippen LogP contribution in [0.25, 0.3) is 0 Å². The van der Waals surface area contributed by atoms with Gasteiger partial charge in [-0.3, -0.25) is 0 Å². The maximum atomic E-state index is 5.86. The van der Waals surface area contributed by atoms with Gasteiger partial charge in [-0.2, -0.15) is 0 Å². The zero-order valence-corrected chi connectivity index (χ0v) is 11.6. The second kappa shape index (κ2) is 5.12. The first-order chi connectivity index (χ1) is 4.83. The third-order valence-corrected chi connectivity index (χ3v) is 7.39. The topological polar surface area (TPSA) is 18.5 Å². The zero-order chi connectivity index (χ0) is 9.07. The SMILES string of the molecule is CC(C)[O][Sn]([Cl])([Cl])[O]C(C)C. The summed E-state index contributed by atoms with van der Waals surface area (Å²) in [7, 11) is 11.7. The Bertz CT molecular complexity index is 105. The molecular formula is C6H14Cl2O2Sn. The molecule has 0 saturated heterocycles. The Morgan fingerprint density at radius 3 is 1.36 bits per heavy atom. The Hall–Kier alpha value is 1.30. The van der Waals surface area contributed by atoms with E-state index in [0.29, 0.717) is 0 Å². The Morgan fingerprint density at radius 2 is 1.18 bits per heavy atom. The van der Waals surface area contributed by atoms with Crippen molar-refractivity contribution in [3.05, 3.63) is 0 Å². The number of rotatable bonds is 4. The molecule has 2 nitrogen and oxygen atoms in total. The Kier molecular flexibility index (Phi) is 5.72. The van der Waals surface area contributed by atoms with Crippen LogP contribution in [0.5, 0.6) is 0 Å². The molecular weight excluding hydrogens is 294 g/mol. The van der Waals surface area contributed by atoms with Crippen molar-refractivity contribution < 1.29 is 6.15 Å². The molecule has 0 saturated carbocycles. The predicted molar refractivity (Wildman–Crippen MR) is 49.9 cm³/mol. The van der Waals surface area contributed by atoms with Crippen molar-refractivity contribution in [3.63, 3.8) is 0 Å². The van der Waals surface area contributed by atoms with Gasteiger partial charge in [0.05, 0.1) is 0 Å². The number of halogens is 2. The molecule has 0 spiro atoms. The first-order valence-corrected chi connectivity index (χ1v) is 13.1. The summed E-state index contributed by atoms with van der Waals surface area (Å²) in [6, 6.07) is 0. The van der Waals surface area contributed by atoms with Crippen molar-refractivity contribution in [3.8, 4) is 0 Å². The molecule has 0 aliphatic carbocycles. The summed E-state index contributed by atoms with van der Waals surface area (Å²) in [6.07, 6.45) is 0.0825. The molecule has 0 aliphatic rings. The van der Waals surface area contributed by atoms with E-state index in [1.165, 1.54) is 0 Å². The summed E-state index contributed by atoms with van der Waals surface area (Å²) in [6.45, 7) is 7.56. The van der Waals surface area contributed by atoms with Crippen LogP contribution in [-0.2, 0) is 6.15 Å². The van der Waals surface area contributed by atoms with E-state index in [0.717, 1.165) is 0 Å². The first kappa shape index (κ1) is 12.3. The summed E-state index contributed by atoms with van der Waals surface area (Å²) < 4.78 is 10.5. The second-order valence-electron chi connectivity index (χ2n) is 2.80. The van der Waals surface area contributed by atoms with Crippen LogP contribution in [0, 0.1) is 0 Å². The molecule has 5 heteroatoms. The normalized spacial score (nSPS) is 13.1. The fourth-order valence-corrected chi connectivity index (χ4v) is 8.65. The molecule has 0 fully saturated rings. The number of hydrogen-bond acceptors (Lipinski definition) is 2. The van der Waals surface area contributed by atoms with Crippen molar-refractivity contribution in [2.24, 2.45) is 0 Å². The molecule has 0 N–H and O–H groups in total. The Labute approximate surface area is 80.6 Å². The molecule has 0 heterocycles. The van der Waals surface area contributed by atoms with Crippen LogP contribution in [0.15, 0.2) is 0 Å². The quantitative estimate of drug-likeness (QED) is 0.744. The molecule has 0 radical (unpaired) electrons. The second-order valence-corrected chi connectivity index (χ2v) is 14.8. The van der Waals surface area contributed by atoms with Crippen molar-refractivity contribution in [1.82, 2.24) is 0 Å². The molecule has 0 aromatic heterocycles. The van der Waals surface area contributed by atoms with Gasteiger partial charge >= 0.3 is 80.8 Å². The van der Waals surface area contributed by atoms with Crippen molar-refractivity contribution >= 4 is 34.8 Å². The monoisotopic (exact) mass is 308 g/mol. The van der Waals surface area contributed by atoms with E-state index < -0.39 is 17.0 Å². The fourth-order valence-electron chi connectivity index (χ4n) is 0.577. The van der Waals surface area contributed by atoms with E-state index in [2.05, 4.69) is 0 Å². The fraction of sp³-hybridized carbons (Fsp3) is 1.00. The maximum absolute atomic E-state index is 5.86. The van der Waals surface area contributed by atoms with E-state index in [-0.39, 0.29) is 12.2 Å². The molecule has 0 aromatic carbocycles. The van der Waals surface area contributed by atoms with Gasteiger partial charge in [0.1, 0.15) is 0 Å². The predicted octanol–water partition coefficient (Wildman–Crippen LogP) is 2.75. The van der Waals surface area contributed by atoms with Gasteiger partial charge in [0.15, 0.2) is 0 Å². The van der Waals surface area contributed by atoms with Crippen molar-refractivity contribution in [1.29, 1.82) is 0 Å². The summed E-state index contributed by atoms with van der Waals surface area (Å²) >= 11 is -3.59. The van der Waals surface area contributed by atoms with Crippen LogP contribution >= 0.6 is 17.8 Å². The molecule has 0 atom stereocenters. The van der Waals surface area contributed by atoms with Crippen molar-refractivity contribution in [2.75, 3.05) is 0 Å². The van der Waals surface area contributed by atoms with Gasteiger partial charge in [-0.15, -0.1) is 0 Å². The summed E-state index contributed by atoms with van der Waals surface area (Å²) in [5.41, 5.74) is 0. The standard InChI is InChI=1S/2C3H7O.2ClH.Sn/c2*1-3(2)4;;;/h2*3H,1-2H3;2*1H;/q2*-1;;;+4/p-2. The molecule has 0 rings (SSSR count). The van der Waals surface area contributed by atoms with Crippen LogP contribution in [0.4, 0.5) is 0 Å². The third kappa shape index (κ3) is 7.65. The van der Waals surface area contributed by atoms with Crippen molar-refractivity contribution in [2.45, 2.75) is 39.9 Å². The zero-order valence-electron chi connectivity index (χ0n) is 7.23. The van der Waals surface area contributed by atoms with Crippen LogP contribution in [0.3, 0.4) is 0 Å². The molecule has 0 bridgehead atoms. The summed E-state index contributed by atoms with van der Waals surface area (Å²) in [4.78, 5) is 0. The molecule has 0 amide bonds.